The number of rotatable bonds is 0. The van der Waals surface area contributed by atoms with Gasteiger partial charge in [-0.15, -0.1) is 0 Å². The first-order valence-corrected chi connectivity index (χ1v) is 4.32. The van der Waals surface area contributed by atoms with Gasteiger partial charge in [-0.05, 0) is 50.7 Å². The zero-order valence-corrected chi connectivity index (χ0v) is 8.48. The van der Waals surface area contributed by atoms with Crippen LogP contribution in [0.1, 0.15) is 0 Å². The summed E-state index contributed by atoms with van der Waals surface area (Å²) in [6.45, 7) is 0. The topological polar surface area (TPSA) is 20.2 Å². The number of hydrogen-bond donors (Lipinski definition) is 1. The number of hydrogen-bond acceptors (Lipinski definition) is 1. The molecule has 1 nitrogen and oxygen atoms in total. The molecule has 1 N–H and O–H groups in total. The Kier molecular flexibility index (Phi) is 2.51. The Morgan fingerprint density at radius 2 is 2.10 bits per heavy atom. The molecular formula is C6H3BrFIO. The molecule has 0 fully saturated rings. The van der Waals surface area contributed by atoms with Gasteiger partial charge in [0.05, 0.1) is 4.47 Å². The third kappa shape index (κ3) is 1.60. The van der Waals surface area contributed by atoms with E-state index in [9.17, 15) is 4.39 Å². The van der Waals surface area contributed by atoms with E-state index in [1.54, 1.807) is 6.07 Å². The van der Waals surface area contributed by atoms with Gasteiger partial charge in [0.25, 0.3) is 0 Å². The van der Waals surface area contributed by atoms with Gasteiger partial charge in [0, 0.05) is 3.57 Å². The third-order valence-corrected chi connectivity index (χ3v) is 2.17. The Balaban J connectivity index is 3.31. The van der Waals surface area contributed by atoms with Crippen molar-refractivity contribution in [1.82, 2.24) is 0 Å². The van der Waals surface area contributed by atoms with Crippen LogP contribution in [0, 0.1) is 9.39 Å². The van der Waals surface area contributed by atoms with Crippen molar-refractivity contribution in [2.75, 3.05) is 0 Å². The van der Waals surface area contributed by atoms with Gasteiger partial charge in [0.1, 0.15) is 0 Å². The highest BCUT2D eigenvalue weighted by Gasteiger charge is 2.05. The molecule has 1 aromatic rings. The first-order valence-electron chi connectivity index (χ1n) is 2.45. The standard InChI is InChI=1S/C6H3BrFIO/c7-4-1-3(9)2-5(10)6(4)8/h1-2,10H. The van der Waals surface area contributed by atoms with Crippen molar-refractivity contribution in [2.24, 2.45) is 0 Å². The van der Waals surface area contributed by atoms with E-state index in [4.69, 9.17) is 5.11 Å². The van der Waals surface area contributed by atoms with Gasteiger partial charge in [-0.1, -0.05) is 0 Å². The Hall–Kier alpha value is 0.160. The van der Waals surface area contributed by atoms with Crippen LogP contribution in [0.2, 0.25) is 0 Å². The number of aromatic hydroxyl groups is 1. The average molecular weight is 317 g/mol. The van der Waals surface area contributed by atoms with E-state index < -0.39 is 5.82 Å². The molecule has 0 aromatic heterocycles. The molecule has 0 aliphatic heterocycles. The van der Waals surface area contributed by atoms with Crippen molar-refractivity contribution in [1.29, 1.82) is 0 Å². The number of phenolic OH excluding ortho intramolecular Hbond substituents is 1. The zero-order chi connectivity index (χ0) is 7.72. The fraction of sp³-hybridized carbons (Fsp3) is 0. The number of benzene rings is 1. The second-order valence-corrected chi connectivity index (χ2v) is 3.82. The predicted octanol–water partition coefficient (Wildman–Crippen LogP) is 2.90. The van der Waals surface area contributed by atoms with Gasteiger partial charge in [-0.25, -0.2) is 4.39 Å². The fourth-order valence-electron chi connectivity index (χ4n) is 0.542. The maximum absolute atomic E-state index is 12.6. The summed E-state index contributed by atoms with van der Waals surface area (Å²) in [5.41, 5.74) is 0. The fourth-order valence-corrected chi connectivity index (χ4v) is 2.03. The summed E-state index contributed by atoms with van der Waals surface area (Å²) < 4.78 is 13.7. The molecule has 0 saturated heterocycles. The van der Waals surface area contributed by atoms with Crippen LogP contribution in [0.25, 0.3) is 0 Å². The molecule has 4 heteroatoms. The Labute approximate surface area is 79.5 Å². The highest BCUT2D eigenvalue weighted by atomic mass is 127. The molecular weight excluding hydrogens is 314 g/mol. The number of phenols is 1. The van der Waals surface area contributed by atoms with E-state index in [0.717, 1.165) is 3.57 Å². The maximum atomic E-state index is 12.6. The summed E-state index contributed by atoms with van der Waals surface area (Å²) in [5, 5.41) is 8.87. The van der Waals surface area contributed by atoms with Gasteiger partial charge >= 0.3 is 0 Å². The molecule has 1 aromatic carbocycles. The van der Waals surface area contributed by atoms with Crippen LogP contribution < -0.4 is 0 Å². The monoisotopic (exact) mass is 316 g/mol. The Morgan fingerprint density at radius 1 is 1.50 bits per heavy atom. The maximum Gasteiger partial charge on any atom is 0.179 e. The molecule has 0 heterocycles. The lowest BCUT2D eigenvalue weighted by molar-refractivity contribution is 0.430. The van der Waals surface area contributed by atoms with Crippen LogP contribution in [-0.2, 0) is 0 Å². The lowest BCUT2D eigenvalue weighted by atomic mass is 10.3. The Morgan fingerprint density at radius 3 is 2.60 bits per heavy atom. The van der Waals surface area contributed by atoms with Gasteiger partial charge < -0.3 is 5.11 Å². The van der Waals surface area contributed by atoms with Crippen molar-refractivity contribution in [3.8, 4) is 5.75 Å². The van der Waals surface area contributed by atoms with Crippen molar-refractivity contribution < 1.29 is 9.50 Å². The lowest BCUT2D eigenvalue weighted by Crippen LogP contribution is -1.80. The van der Waals surface area contributed by atoms with E-state index in [2.05, 4.69) is 15.9 Å². The largest absolute Gasteiger partial charge is 0.505 e. The molecule has 0 unspecified atom stereocenters. The minimum absolute atomic E-state index is 0.289. The van der Waals surface area contributed by atoms with Crippen LogP contribution in [-0.4, -0.2) is 5.11 Å². The molecule has 0 aliphatic carbocycles. The predicted molar refractivity (Wildman–Crippen MR) is 48.5 cm³/mol. The minimum Gasteiger partial charge on any atom is -0.505 e. The molecule has 0 atom stereocenters. The van der Waals surface area contributed by atoms with Gasteiger partial charge in [0.2, 0.25) is 0 Å². The summed E-state index contributed by atoms with van der Waals surface area (Å²) in [6.07, 6.45) is 0. The van der Waals surface area contributed by atoms with E-state index in [-0.39, 0.29) is 10.2 Å². The normalized spacial score (nSPS) is 9.90. The minimum atomic E-state index is -0.611. The van der Waals surface area contributed by atoms with Crippen molar-refractivity contribution in [2.45, 2.75) is 0 Å². The molecule has 0 bridgehead atoms. The van der Waals surface area contributed by atoms with E-state index in [1.807, 2.05) is 22.6 Å². The molecule has 0 radical (unpaired) electrons. The highest BCUT2D eigenvalue weighted by Crippen LogP contribution is 2.26. The second-order valence-electron chi connectivity index (χ2n) is 1.72. The number of halogens is 3. The van der Waals surface area contributed by atoms with Crippen LogP contribution in [0.4, 0.5) is 4.39 Å². The van der Waals surface area contributed by atoms with Crippen LogP contribution in [0.5, 0.6) is 5.75 Å². The summed E-state index contributed by atoms with van der Waals surface area (Å²) in [6, 6.07) is 2.95. The SMILES string of the molecule is Oc1cc(I)cc(Br)c1F. The molecule has 1 rings (SSSR count). The Bertz CT molecular complexity index is 241. The summed E-state index contributed by atoms with van der Waals surface area (Å²) in [7, 11) is 0. The van der Waals surface area contributed by atoms with Crippen molar-refractivity contribution in [3.05, 3.63) is 26.0 Å². The van der Waals surface area contributed by atoms with Gasteiger partial charge in [-0.2, -0.15) is 0 Å². The summed E-state index contributed by atoms with van der Waals surface area (Å²) >= 11 is 4.95. The smallest absolute Gasteiger partial charge is 0.179 e. The second kappa shape index (κ2) is 3.04. The third-order valence-electron chi connectivity index (χ3n) is 0.974. The van der Waals surface area contributed by atoms with Crippen molar-refractivity contribution >= 4 is 38.5 Å². The molecule has 0 amide bonds. The van der Waals surface area contributed by atoms with Crippen molar-refractivity contribution in [3.63, 3.8) is 0 Å². The van der Waals surface area contributed by atoms with Crippen LogP contribution in [0.3, 0.4) is 0 Å². The molecule has 0 saturated carbocycles. The van der Waals surface area contributed by atoms with Crippen LogP contribution in [0.15, 0.2) is 16.6 Å². The lowest BCUT2D eigenvalue weighted by Gasteiger charge is -1.97. The first kappa shape index (κ1) is 8.26. The van der Waals surface area contributed by atoms with Gasteiger partial charge in [0.15, 0.2) is 11.6 Å². The molecule has 10 heavy (non-hydrogen) atoms. The van der Waals surface area contributed by atoms with E-state index in [1.165, 1.54) is 6.07 Å². The van der Waals surface area contributed by atoms with Gasteiger partial charge in [-0.3, -0.25) is 0 Å². The highest BCUT2D eigenvalue weighted by molar-refractivity contribution is 14.1. The quantitative estimate of drug-likeness (QED) is 0.576. The average Bonchev–Trinajstić information content (AvgIpc) is 1.82. The molecule has 0 aliphatic rings. The van der Waals surface area contributed by atoms with Crippen LogP contribution >= 0.6 is 38.5 Å². The van der Waals surface area contributed by atoms with E-state index >= 15 is 0 Å². The summed E-state index contributed by atoms with van der Waals surface area (Å²) in [4.78, 5) is 0. The van der Waals surface area contributed by atoms with E-state index in [0.29, 0.717) is 0 Å². The summed E-state index contributed by atoms with van der Waals surface area (Å²) in [5.74, 6) is -0.931. The zero-order valence-electron chi connectivity index (χ0n) is 4.74. The molecule has 54 valence electrons. The first-order chi connectivity index (χ1) is 4.61. The molecule has 0 spiro atoms.